The maximum atomic E-state index is 12.5. The number of aliphatic hydroxyl groups excluding tert-OH is 1. The van der Waals surface area contributed by atoms with E-state index in [9.17, 15) is 19.8 Å². The van der Waals surface area contributed by atoms with E-state index >= 15 is 0 Å². The second kappa shape index (κ2) is 9.81. The summed E-state index contributed by atoms with van der Waals surface area (Å²) in [5.41, 5.74) is -1.22. The predicted molar refractivity (Wildman–Crippen MR) is 127 cm³/mol. The van der Waals surface area contributed by atoms with Crippen LogP contribution in [0, 0.1) is 12.3 Å². The molecule has 9 nitrogen and oxygen atoms in total. The van der Waals surface area contributed by atoms with E-state index in [1.807, 2.05) is 13.8 Å². The highest BCUT2D eigenvalue weighted by molar-refractivity contribution is 5.99. The largest absolute Gasteiger partial charge is 0.509 e. The monoisotopic (exact) mass is 488 g/mol. The van der Waals surface area contributed by atoms with Gasteiger partial charge in [-0.3, -0.25) is 0 Å². The fourth-order valence-corrected chi connectivity index (χ4v) is 4.61. The number of benzene rings is 1. The van der Waals surface area contributed by atoms with Crippen molar-refractivity contribution >= 4 is 16.9 Å². The molecule has 1 unspecified atom stereocenters. The van der Waals surface area contributed by atoms with Crippen LogP contribution in [0.3, 0.4) is 0 Å². The minimum absolute atomic E-state index is 0.0515. The van der Waals surface area contributed by atoms with Crippen LogP contribution in [0.25, 0.3) is 11.0 Å². The molecule has 2 N–H and O–H groups in total. The van der Waals surface area contributed by atoms with Crippen LogP contribution in [-0.2, 0) is 14.2 Å². The van der Waals surface area contributed by atoms with Crippen molar-refractivity contribution in [2.45, 2.75) is 72.2 Å². The lowest BCUT2D eigenvalue weighted by Gasteiger charge is -2.38. The van der Waals surface area contributed by atoms with Crippen molar-refractivity contribution in [1.29, 1.82) is 0 Å². The number of fused-ring (bicyclic) bond motifs is 1. The molecule has 1 aliphatic heterocycles. The van der Waals surface area contributed by atoms with E-state index in [1.54, 1.807) is 19.9 Å². The highest BCUT2D eigenvalue weighted by Crippen LogP contribution is 2.42. The molecule has 0 spiro atoms. The summed E-state index contributed by atoms with van der Waals surface area (Å²) in [4.78, 5) is 24.6. The maximum Gasteiger partial charge on any atom is 0.354 e. The first-order valence-electron chi connectivity index (χ1n) is 11.9. The lowest BCUT2D eigenvalue weighted by Crippen LogP contribution is -2.37. The fraction of sp³-hybridized carbons (Fsp3) is 0.538. The highest BCUT2D eigenvalue weighted by atomic mass is 16.7. The summed E-state index contributed by atoms with van der Waals surface area (Å²) in [6.45, 7) is 8.02. The van der Waals surface area contributed by atoms with Crippen LogP contribution in [0.1, 0.15) is 68.8 Å². The number of hydrogen-bond donors (Lipinski definition) is 2. The number of rotatable bonds is 6. The molecule has 9 heteroatoms. The van der Waals surface area contributed by atoms with Gasteiger partial charge in [-0.15, -0.1) is 0 Å². The van der Waals surface area contributed by atoms with Crippen LogP contribution in [0.4, 0.5) is 0 Å². The van der Waals surface area contributed by atoms with Crippen molar-refractivity contribution in [2.75, 3.05) is 13.2 Å². The zero-order valence-electron chi connectivity index (χ0n) is 20.5. The third-order valence-electron chi connectivity index (χ3n) is 6.35. The van der Waals surface area contributed by atoms with Crippen LogP contribution in [0.2, 0.25) is 0 Å². The summed E-state index contributed by atoms with van der Waals surface area (Å²) in [5.74, 6) is -0.584. The molecule has 35 heavy (non-hydrogen) atoms. The van der Waals surface area contributed by atoms with Crippen molar-refractivity contribution in [3.05, 3.63) is 45.2 Å². The molecule has 0 bridgehead atoms. The Morgan fingerprint density at radius 2 is 1.97 bits per heavy atom. The Morgan fingerprint density at radius 3 is 2.66 bits per heavy atom. The molecule has 1 saturated heterocycles. The lowest BCUT2D eigenvalue weighted by atomic mass is 9.78. The number of aromatic hydroxyl groups is 1. The summed E-state index contributed by atoms with van der Waals surface area (Å²) in [6.07, 6.45) is 2.68. The number of ether oxygens (including phenoxy) is 4. The normalized spacial score (nSPS) is 22.2. The Bertz CT molecular complexity index is 1200. The van der Waals surface area contributed by atoms with E-state index in [0.717, 1.165) is 19.3 Å². The van der Waals surface area contributed by atoms with E-state index in [1.165, 1.54) is 6.07 Å². The van der Waals surface area contributed by atoms with Gasteiger partial charge in [-0.1, -0.05) is 13.8 Å². The Labute approximate surface area is 203 Å². The number of carbonyl (C=O) groups excluding carboxylic acids is 1. The van der Waals surface area contributed by atoms with Crippen LogP contribution >= 0.6 is 0 Å². The zero-order valence-corrected chi connectivity index (χ0v) is 20.5. The average Bonchev–Trinajstić information content (AvgIpc) is 2.79. The number of esters is 1. The Morgan fingerprint density at radius 1 is 1.20 bits per heavy atom. The Balaban J connectivity index is 1.69. The molecule has 1 aromatic carbocycles. The molecule has 2 heterocycles. The summed E-state index contributed by atoms with van der Waals surface area (Å²) >= 11 is 0. The second-order valence-corrected chi connectivity index (χ2v) is 9.78. The van der Waals surface area contributed by atoms with Gasteiger partial charge in [0, 0.05) is 18.4 Å². The van der Waals surface area contributed by atoms with Gasteiger partial charge in [-0.25, -0.2) is 9.59 Å². The van der Waals surface area contributed by atoms with Crippen molar-refractivity contribution in [3.8, 4) is 11.5 Å². The number of carbonyl (C=O) groups is 1. The molecular formula is C26H32O9. The van der Waals surface area contributed by atoms with E-state index in [0.29, 0.717) is 36.5 Å². The van der Waals surface area contributed by atoms with Gasteiger partial charge >= 0.3 is 11.6 Å². The maximum absolute atomic E-state index is 12.5. The van der Waals surface area contributed by atoms with Crippen molar-refractivity contribution in [2.24, 2.45) is 5.41 Å². The minimum Gasteiger partial charge on any atom is -0.509 e. The predicted octanol–water partition coefficient (Wildman–Crippen LogP) is 4.86. The van der Waals surface area contributed by atoms with Crippen LogP contribution in [-0.4, -0.2) is 41.8 Å². The second-order valence-electron chi connectivity index (χ2n) is 9.78. The number of hydrogen-bond acceptors (Lipinski definition) is 9. The molecule has 4 rings (SSSR count). The van der Waals surface area contributed by atoms with Gasteiger partial charge in [-0.2, -0.15) is 0 Å². The van der Waals surface area contributed by atoms with Crippen molar-refractivity contribution in [1.82, 2.24) is 0 Å². The molecule has 1 fully saturated rings. The van der Waals surface area contributed by atoms with E-state index < -0.39 is 35.3 Å². The van der Waals surface area contributed by atoms with E-state index in [2.05, 4.69) is 0 Å². The molecule has 190 valence electrons. The van der Waals surface area contributed by atoms with Gasteiger partial charge in [0.1, 0.15) is 22.8 Å². The van der Waals surface area contributed by atoms with Crippen molar-refractivity contribution in [3.63, 3.8) is 0 Å². The van der Waals surface area contributed by atoms with Crippen LogP contribution in [0.15, 0.2) is 32.9 Å². The Kier molecular flexibility index (Phi) is 6.98. The summed E-state index contributed by atoms with van der Waals surface area (Å²) in [7, 11) is 0. The van der Waals surface area contributed by atoms with Crippen LogP contribution in [0.5, 0.6) is 11.5 Å². The zero-order chi connectivity index (χ0) is 25.3. The fourth-order valence-electron chi connectivity index (χ4n) is 4.61. The molecule has 1 aromatic heterocycles. The van der Waals surface area contributed by atoms with Gasteiger partial charge in [0.05, 0.1) is 18.6 Å². The molecule has 0 radical (unpaired) electrons. The number of aliphatic hydroxyl groups is 1. The van der Waals surface area contributed by atoms with Gasteiger partial charge in [-0.05, 0) is 50.7 Å². The lowest BCUT2D eigenvalue weighted by molar-refractivity contribution is -0.153. The minimum atomic E-state index is -0.997. The number of allylic oxidation sites excluding steroid dienone is 1. The molecule has 0 amide bonds. The highest BCUT2D eigenvalue weighted by Gasteiger charge is 2.39. The third kappa shape index (κ3) is 5.10. The Hall–Kier alpha value is -3.20. The van der Waals surface area contributed by atoms with Gasteiger partial charge in [0.15, 0.2) is 23.7 Å². The SMILES string of the molecule is CCOC(=O)c1c(O)c2ccc(O[C@H]3CC(C)(C)CC(O)=C3OC3CCCCO3)c(C)c2oc1=O. The van der Waals surface area contributed by atoms with Crippen molar-refractivity contribution < 1.29 is 38.4 Å². The third-order valence-corrected chi connectivity index (χ3v) is 6.35. The molecule has 0 saturated carbocycles. The molecule has 2 aliphatic rings. The first-order valence-corrected chi connectivity index (χ1v) is 11.9. The summed E-state index contributed by atoms with van der Waals surface area (Å²) in [5, 5.41) is 21.6. The molecular weight excluding hydrogens is 456 g/mol. The first kappa shape index (κ1) is 24.9. The van der Waals surface area contributed by atoms with Crippen LogP contribution < -0.4 is 10.4 Å². The summed E-state index contributed by atoms with van der Waals surface area (Å²) < 4.78 is 28.3. The molecule has 2 aromatic rings. The van der Waals surface area contributed by atoms with Gasteiger partial charge in [0.25, 0.3) is 0 Å². The number of aryl methyl sites for hydroxylation is 1. The molecule has 1 aliphatic carbocycles. The molecule has 2 atom stereocenters. The van der Waals surface area contributed by atoms with E-state index in [-0.39, 0.29) is 28.8 Å². The average molecular weight is 489 g/mol. The smallest absolute Gasteiger partial charge is 0.354 e. The van der Waals surface area contributed by atoms with Gasteiger partial charge in [0.2, 0.25) is 0 Å². The van der Waals surface area contributed by atoms with E-state index in [4.69, 9.17) is 23.4 Å². The summed E-state index contributed by atoms with van der Waals surface area (Å²) in [6, 6.07) is 3.14. The topological polar surface area (TPSA) is 125 Å². The standard InChI is InChI=1S/C26H32O9/c1-5-31-24(29)20-21(28)15-9-10-17(14(2)22(15)35-25(20)30)33-18-13-26(3,4)12-16(27)23(18)34-19-8-6-7-11-32-19/h9-10,18-19,27-28H,5-8,11-13H2,1-4H3/t18-,19?/m0/s1. The first-order chi connectivity index (χ1) is 16.6. The van der Waals surface area contributed by atoms with Gasteiger partial charge < -0.3 is 33.6 Å². The quantitative estimate of drug-likeness (QED) is 0.433.